The van der Waals surface area contributed by atoms with Crippen molar-refractivity contribution < 1.29 is 0 Å². The van der Waals surface area contributed by atoms with Crippen LogP contribution in [0.1, 0.15) is 12.8 Å². The normalized spacial score (nSPS) is 24.9. The summed E-state index contributed by atoms with van der Waals surface area (Å²) in [5, 5.41) is 3.18. The monoisotopic (exact) mass is 100 g/mol. The minimum atomic E-state index is 0.361. The Morgan fingerprint density at radius 2 is 2.29 bits per heavy atom. The molecule has 0 spiro atoms. The molecule has 2 heteroatoms. The van der Waals surface area contributed by atoms with Crippen LogP contribution in [0.3, 0.4) is 0 Å². The Kier molecular flexibility index (Phi) is 1.05. The van der Waals surface area contributed by atoms with Crippen LogP contribution < -0.4 is 11.1 Å². The zero-order valence-electron chi connectivity index (χ0n) is 4.70. The predicted octanol–water partition coefficient (Wildman–Crippen LogP) is -0.303. The molecule has 0 aliphatic heterocycles. The van der Waals surface area contributed by atoms with Crippen molar-refractivity contribution in [2.45, 2.75) is 18.4 Å². The first-order valence-electron chi connectivity index (χ1n) is 2.72. The Balaban J connectivity index is 2.28. The molecule has 0 aromatic heterocycles. The molecule has 1 saturated carbocycles. The summed E-state index contributed by atoms with van der Waals surface area (Å²) in [7, 11) is 1.97. The quantitative estimate of drug-likeness (QED) is 0.500. The fraction of sp³-hybridized carbons (Fsp3) is 1.00. The molecule has 1 fully saturated rings. The minimum Gasteiger partial charge on any atom is -0.329 e. The first-order valence-corrected chi connectivity index (χ1v) is 2.72. The first-order chi connectivity index (χ1) is 3.33. The average Bonchev–Trinajstić information content (AvgIpc) is 2.46. The van der Waals surface area contributed by atoms with Gasteiger partial charge in [-0.1, -0.05) is 0 Å². The van der Waals surface area contributed by atoms with Gasteiger partial charge in [-0.2, -0.15) is 0 Å². The van der Waals surface area contributed by atoms with E-state index in [2.05, 4.69) is 5.32 Å². The molecule has 3 N–H and O–H groups in total. The maximum absolute atomic E-state index is 5.42. The Morgan fingerprint density at radius 1 is 1.71 bits per heavy atom. The van der Waals surface area contributed by atoms with Crippen LogP contribution in [-0.4, -0.2) is 19.1 Å². The second kappa shape index (κ2) is 1.46. The van der Waals surface area contributed by atoms with Crippen LogP contribution in [0, 0.1) is 0 Å². The molecule has 42 valence electrons. The summed E-state index contributed by atoms with van der Waals surface area (Å²) in [6, 6.07) is 0. The van der Waals surface area contributed by atoms with E-state index >= 15 is 0 Å². The van der Waals surface area contributed by atoms with Crippen LogP contribution in [0.5, 0.6) is 0 Å². The first kappa shape index (κ1) is 5.06. The summed E-state index contributed by atoms with van der Waals surface area (Å²) in [4.78, 5) is 0. The highest BCUT2D eigenvalue weighted by molar-refractivity contribution is 5.01. The van der Waals surface area contributed by atoms with E-state index in [0.29, 0.717) is 5.54 Å². The summed E-state index contributed by atoms with van der Waals surface area (Å²) in [6.07, 6.45) is 2.53. The van der Waals surface area contributed by atoms with Crippen LogP contribution >= 0.6 is 0 Å². The second-order valence-electron chi connectivity index (χ2n) is 2.23. The van der Waals surface area contributed by atoms with E-state index in [0.717, 1.165) is 6.54 Å². The molecule has 2 nitrogen and oxygen atoms in total. The third-order valence-electron chi connectivity index (χ3n) is 1.77. The zero-order chi connectivity index (χ0) is 5.33. The van der Waals surface area contributed by atoms with Crippen molar-refractivity contribution in [3.63, 3.8) is 0 Å². The predicted molar refractivity (Wildman–Crippen MR) is 30.1 cm³/mol. The number of hydrogen-bond acceptors (Lipinski definition) is 2. The van der Waals surface area contributed by atoms with Crippen LogP contribution in [0.15, 0.2) is 0 Å². The van der Waals surface area contributed by atoms with Gasteiger partial charge >= 0.3 is 0 Å². The molecule has 0 saturated heterocycles. The van der Waals surface area contributed by atoms with Crippen molar-refractivity contribution in [1.82, 2.24) is 5.32 Å². The van der Waals surface area contributed by atoms with Gasteiger partial charge in [0.05, 0.1) is 0 Å². The van der Waals surface area contributed by atoms with Gasteiger partial charge in [-0.15, -0.1) is 0 Å². The highest BCUT2D eigenvalue weighted by Gasteiger charge is 2.38. The summed E-state index contributed by atoms with van der Waals surface area (Å²) < 4.78 is 0. The lowest BCUT2D eigenvalue weighted by atomic mass is 10.3. The molecule has 0 amide bonds. The summed E-state index contributed by atoms with van der Waals surface area (Å²) in [5.74, 6) is 0. The maximum Gasteiger partial charge on any atom is 0.0302 e. The van der Waals surface area contributed by atoms with Crippen LogP contribution in [-0.2, 0) is 0 Å². The SMILES string of the molecule is CNC1(CN)CC1. The fourth-order valence-electron chi connectivity index (χ4n) is 0.707. The second-order valence-corrected chi connectivity index (χ2v) is 2.23. The van der Waals surface area contributed by atoms with Gasteiger partial charge in [-0.05, 0) is 19.9 Å². The number of hydrogen-bond donors (Lipinski definition) is 2. The Morgan fingerprint density at radius 3 is 2.29 bits per heavy atom. The Bertz CT molecular complexity index is 60.5. The Hall–Kier alpha value is -0.0800. The summed E-state index contributed by atoms with van der Waals surface area (Å²) in [5.41, 5.74) is 5.78. The molecule has 0 aromatic carbocycles. The maximum atomic E-state index is 5.42. The van der Waals surface area contributed by atoms with E-state index in [1.807, 2.05) is 7.05 Å². The lowest BCUT2D eigenvalue weighted by Gasteiger charge is -2.07. The number of rotatable bonds is 2. The molecule has 0 bridgehead atoms. The van der Waals surface area contributed by atoms with E-state index < -0.39 is 0 Å². The highest BCUT2D eigenvalue weighted by Crippen LogP contribution is 2.32. The largest absolute Gasteiger partial charge is 0.329 e. The lowest BCUT2D eigenvalue weighted by molar-refractivity contribution is 0.563. The molecule has 0 radical (unpaired) electrons. The molecule has 1 aliphatic carbocycles. The van der Waals surface area contributed by atoms with E-state index in [9.17, 15) is 0 Å². The summed E-state index contributed by atoms with van der Waals surface area (Å²) >= 11 is 0. The molecule has 0 atom stereocenters. The fourth-order valence-corrected chi connectivity index (χ4v) is 0.707. The van der Waals surface area contributed by atoms with Gasteiger partial charge in [0.1, 0.15) is 0 Å². The number of likely N-dealkylation sites (N-methyl/N-ethyl adjacent to an activating group) is 1. The summed E-state index contributed by atoms with van der Waals surface area (Å²) in [6.45, 7) is 0.795. The van der Waals surface area contributed by atoms with Gasteiger partial charge in [0, 0.05) is 12.1 Å². The lowest BCUT2D eigenvalue weighted by Crippen LogP contribution is -2.35. The molecular weight excluding hydrogens is 88.1 g/mol. The molecule has 0 heterocycles. The van der Waals surface area contributed by atoms with Crippen LogP contribution in [0.2, 0.25) is 0 Å². The van der Waals surface area contributed by atoms with E-state index in [4.69, 9.17) is 5.73 Å². The zero-order valence-corrected chi connectivity index (χ0v) is 4.70. The highest BCUT2D eigenvalue weighted by atomic mass is 15.0. The minimum absolute atomic E-state index is 0.361. The third kappa shape index (κ3) is 0.763. The number of nitrogens with one attached hydrogen (secondary N) is 1. The van der Waals surface area contributed by atoms with Crippen molar-refractivity contribution in [1.29, 1.82) is 0 Å². The van der Waals surface area contributed by atoms with Gasteiger partial charge in [0.2, 0.25) is 0 Å². The van der Waals surface area contributed by atoms with Gasteiger partial charge in [-0.25, -0.2) is 0 Å². The smallest absolute Gasteiger partial charge is 0.0302 e. The van der Waals surface area contributed by atoms with Crippen molar-refractivity contribution in [3.8, 4) is 0 Å². The van der Waals surface area contributed by atoms with Crippen molar-refractivity contribution in [2.75, 3.05) is 13.6 Å². The topological polar surface area (TPSA) is 38.0 Å². The molecule has 1 rings (SSSR count). The molecule has 7 heavy (non-hydrogen) atoms. The van der Waals surface area contributed by atoms with Gasteiger partial charge in [0.25, 0.3) is 0 Å². The molecule has 0 unspecified atom stereocenters. The van der Waals surface area contributed by atoms with Gasteiger partial charge < -0.3 is 11.1 Å². The van der Waals surface area contributed by atoms with E-state index in [1.54, 1.807) is 0 Å². The standard InChI is InChI=1S/C5H12N2/c1-7-5(4-6)2-3-5/h7H,2-4,6H2,1H3. The van der Waals surface area contributed by atoms with E-state index in [1.165, 1.54) is 12.8 Å². The van der Waals surface area contributed by atoms with Gasteiger partial charge in [-0.3, -0.25) is 0 Å². The third-order valence-corrected chi connectivity index (χ3v) is 1.77. The van der Waals surface area contributed by atoms with Crippen molar-refractivity contribution in [2.24, 2.45) is 5.73 Å². The van der Waals surface area contributed by atoms with Crippen LogP contribution in [0.4, 0.5) is 0 Å². The Labute approximate surface area is 44.1 Å². The van der Waals surface area contributed by atoms with Crippen LogP contribution in [0.25, 0.3) is 0 Å². The number of nitrogens with two attached hydrogens (primary N) is 1. The molecule has 1 aliphatic rings. The van der Waals surface area contributed by atoms with Crippen molar-refractivity contribution >= 4 is 0 Å². The van der Waals surface area contributed by atoms with Crippen molar-refractivity contribution in [3.05, 3.63) is 0 Å². The van der Waals surface area contributed by atoms with E-state index in [-0.39, 0.29) is 0 Å². The molecular formula is C5H12N2. The molecule has 0 aromatic rings. The van der Waals surface area contributed by atoms with Gasteiger partial charge in [0.15, 0.2) is 0 Å². The average molecular weight is 100 g/mol.